The number of hydrogen-bond donors (Lipinski definition) is 0. The van der Waals surface area contributed by atoms with Gasteiger partial charge in [0.05, 0.1) is 11.9 Å². The molecule has 0 aliphatic heterocycles. The largest absolute Gasteiger partial charge is 0.221 e. The molecule has 0 radical (unpaired) electrons. The van der Waals surface area contributed by atoms with Crippen molar-refractivity contribution in [3.05, 3.63) is 40.1 Å². The van der Waals surface area contributed by atoms with Crippen LogP contribution in [0.15, 0.2) is 28.7 Å². The highest BCUT2D eigenvalue weighted by molar-refractivity contribution is 9.10. The quantitative estimate of drug-likeness (QED) is 0.819. The Morgan fingerprint density at radius 2 is 2.06 bits per heavy atom. The number of hydrogen-bond acceptors (Lipinski definition) is 3. The van der Waals surface area contributed by atoms with Crippen LogP contribution in [0.4, 0.5) is 0 Å². The van der Waals surface area contributed by atoms with Crippen LogP contribution in [0.3, 0.4) is 0 Å². The zero-order valence-electron chi connectivity index (χ0n) is 8.64. The third-order valence-corrected chi connectivity index (χ3v) is 3.17. The van der Waals surface area contributed by atoms with E-state index in [0.717, 1.165) is 10.0 Å². The van der Waals surface area contributed by atoms with Gasteiger partial charge >= 0.3 is 0 Å². The van der Waals surface area contributed by atoms with Crippen LogP contribution in [0.5, 0.6) is 0 Å². The monoisotopic (exact) mass is 300 g/mol. The van der Waals surface area contributed by atoms with Crippen molar-refractivity contribution in [3.63, 3.8) is 0 Å². The fraction of sp³-hybridized carbons (Fsp3) is 0.300. The molecule has 2 aromatic rings. The first-order valence-electron chi connectivity index (χ1n) is 4.80. The van der Waals surface area contributed by atoms with Gasteiger partial charge in [-0.05, 0) is 35.0 Å². The van der Waals surface area contributed by atoms with Crippen LogP contribution in [0.1, 0.15) is 24.4 Å². The van der Waals surface area contributed by atoms with E-state index in [4.69, 9.17) is 11.6 Å². The molecule has 4 nitrogen and oxygen atoms in total. The maximum Gasteiger partial charge on any atom is 0.166 e. The summed E-state index contributed by atoms with van der Waals surface area (Å²) < 4.78 is 2.79. The molecule has 0 saturated carbocycles. The molecule has 16 heavy (non-hydrogen) atoms. The zero-order valence-corrected chi connectivity index (χ0v) is 11.0. The van der Waals surface area contributed by atoms with E-state index < -0.39 is 0 Å². The van der Waals surface area contributed by atoms with Gasteiger partial charge in [0.2, 0.25) is 0 Å². The second kappa shape index (κ2) is 4.93. The predicted molar refractivity (Wildman–Crippen MR) is 65.3 cm³/mol. The highest BCUT2D eigenvalue weighted by Crippen LogP contribution is 2.20. The summed E-state index contributed by atoms with van der Waals surface area (Å²) in [5.74, 6) is 0.991. The van der Waals surface area contributed by atoms with E-state index in [1.807, 2.05) is 31.2 Å². The molecule has 1 aromatic carbocycles. The van der Waals surface area contributed by atoms with Gasteiger partial charge in [0.25, 0.3) is 0 Å². The lowest BCUT2D eigenvalue weighted by Gasteiger charge is -2.12. The average molecular weight is 302 g/mol. The molecule has 0 fully saturated rings. The summed E-state index contributed by atoms with van der Waals surface area (Å²) in [7, 11) is 0. The molecule has 1 aromatic heterocycles. The topological polar surface area (TPSA) is 43.6 Å². The van der Waals surface area contributed by atoms with Crippen molar-refractivity contribution in [1.29, 1.82) is 0 Å². The van der Waals surface area contributed by atoms with Crippen LogP contribution in [0.2, 0.25) is 0 Å². The van der Waals surface area contributed by atoms with Gasteiger partial charge in [-0.3, -0.25) is 0 Å². The Bertz CT molecular complexity index is 468. The fourth-order valence-electron chi connectivity index (χ4n) is 1.48. The molecule has 0 bridgehead atoms. The highest BCUT2D eigenvalue weighted by atomic mass is 79.9. The summed E-state index contributed by atoms with van der Waals surface area (Å²) in [6.07, 6.45) is 0. The van der Waals surface area contributed by atoms with Gasteiger partial charge in [0.15, 0.2) is 5.82 Å². The van der Waals surface area contributed by atoms with Gasteiger partial charge in [-0.15, -0.1) is 16.7 Å². The zero-order chi connectivity index (χ0) is 11.5. The average Bonchev–Trinajstić information content (AvgIpc) is 2.77. The second-order valence-electron chi connectivity index (χ2n) is 3.40. The Hall–Kier alpha value is -0.940. The van der Waals surface area contributed by atoms with Gasteiger partial charge < -0.3 is 0 Å². The summed E-state index contributed by atoms with van der Waals surface area (Å²) in [6.45, 7) is 2.04. The molecule has 0 N–H and O–H groups in total. The van der Waals surface area contributed by atoms with Gasteiger partial charge in [-0.1, -0.05) is 28.1 Å². The molecule has 1 unspecified atom stereocenters. The van der Waals surface area contributed by atoms with Crippen LogP contribution >= 0.6 is 27.5 Å². The van der Waals surface area contributed by atoms with E-state index in [1.165, 1.54) is 0 Å². The number of nitrogens with zero attached hydrogens (tertiary/aromatic N) is 4. The maximum atomic E-state index is 5.76. The van der Waals surface area contributed by atoms with Gasteiger partial charge in [-0.25, -0.2) is 4.68 Å². The van der Waals surface area contributed by atoms with Gasteiger partial charge in [0, 0.05) is 4.47 Å². The van der Waals surface area contributed by atoms with Gasteiger partial charge in [0.1, 0.15) is 0 Å². The molecular formula is C10H10BrClN4. The van der Waals surface area contributed by atoms with Gasteiger partial charge in [-0.2, -0.15) is 0 Å². The Balaban J connectivity index is 2.31. The minimum Gasteiger partial charge on any atom is -0.221 e. The second-order valence-corrected chi connectivity index (χ2v) is 4.58. The van der Waals surface area contributed by atoms with Crippen molar-refractivity contribution in [2.45, 2.75) is 18.8 Å². The maximum absolute atomic E-state index is 5.76. The molecule has 0 aliphatic rings. The summed E-state index contributed by atoms with van der Waals surface area (Å²) in [5, 5.41) is 11.4. The van der Waals surface area contributed by atoms with E-state index in [0.29, 0.717) is 11.7 Å². The molecule has 0 spiro atoms. The van der Waals surface area contributed by atoms with Crippen molar-refractivity contribution in [2.75, 3.05) is 0 Å². The lowest BCUT2D eigenvalue weighted by Crippen LogP contribution is -2.11. The molecule has 1 atom stereocenters. The Morgan fingerprint density at radius 1 is 1.38 bits per heavy atom. The lowest BCUT2D eigenvalue weighted by molar-refractivity contribution is 0.528. The number of rotatable bonds is 3. The number of alkyl halides is 1. The number of aromatic nitrogens is 4. The first kappa shape index (κ1) is 11.5. The van der Waals surface area contributed by atoms with E-state index in [9.17, 15) is 0 Å². The van der Waals surface area contributed by atoms with E-state index >= 15 is 0 Å². The van der Waals surface area contributed by atoms with Crippen LogP contribution in [-0.2, 0) is 5.88 Å². The van der Waals surface area contributed by atoms with Crippen molar-refractivity contribution in [1.82, 2.24) is 20.2 Å². The summed E-state index contributed by atoms with van der Waals surface area (Å²) in [6, 6.07) is 8.15. The Morgan fingerprint density at radius 3 is 2.69 bits per heavy atom. The number of benzene rings is 1. The Labute approximate surface area is 107 Å². The Kier molecular flexibility index (Phi) is 3.56. The van der Waals surface area contributed by atoms with Crippen LogP contribution in [-0.4, -0.2) is 20.2 Å². The number of tetrazole rings is 1. The number of halogens is 2. The standard InChI is InChI=1S/C10H10BrClN4/c1-7(8-2-4-9(11)5-3-8)16-10(6-12)13-14-15-16/h2-5,7H,6H2,1H3. The van der Waals surface area contributed by atoms with Crippen molar-refractivity contribution >= 4 is 27.5 Å². The van der Waals surface area contributed by atoms with Crippen LogP contribution in [0.25, 0.3) is 0 Å². The molecule has 0 saturated heterocycles. The third kappa shape index (κ3) is 2.25. The summed E-state index contributed by atoms with van der Waals surface area (Å²) in [4.78, 5) is 0. The molecule has 84 valence electrons. The van der Waals surface area contributed by atoms with Crippen molar-refractivity contribution in [2.24, 2.45) is 0 Å². The minimum atomic E-state index is 0.0804. The molecule has 1 heterocycles. The van der Waals surface area contributed by atoms with E-state index in [2.05, 4.69) is 31.5 Å². The van der Waals surface area contributed by atoms with Crippen molar-refractivity contribution < 1.29 is 0 Å². The smallest absolute Gasteiger partial charge is 0.166 e. The molecule has 0 amide bonds. The summed E-state index contributed by atoms with van der Waals surface area (Å²) >= 11 is 9.16. The SMILES string of the molecule is CC(c1ccc(Br)cc1)n1nnnc1CCl. The molecular weight excluding hydrogens is 291 g/mol. The van der Waals surface area contributed by atoms with Crippen molar-refractivity contribution in [3.8, 4) is 0 Å². The molecule has 2 rings (SSSR count). The molecule has 6 heteroatoms. The van der Waals surface area contributed by atoms with Crippen LogP contribution < -0.4 is 0 Å². The first-order valence-corrected chi connectivity index (χ1v) is 6.13. The minimum absolute atomic E-state index is 0.0804. The third-order valence-electron chi connectivity index (χ3n) is 2.40. The first-order chi connectivity index (χ1) is 7.72. The highest BCUT2D eigenvalue weighted by Gasteiger charge is 2.13. The van der Waals surface area contributed by atoms with E-state index in [1.54, 1.807) is 4.68 Å². The lowest BCUT2D eigenvalue weighted by atomic mass is 10.1. The van der Waals surface area contributed by atoms with E-state index in [-0.39, 0.29) is 6.04 Å². The molecule has 0 aliphatic carbocycles. The van der Waals surface area contributed by atoms with Crippen LogP contribution in [0, 0.1) is 0 Å². The predicted octanol–water partition coefficient (Wildman–Crippen LogP) is 2.78. The normalized spacial score (nSPS) is 12.7. The summed E-state index contributed by atoms with van der Waals surface area (Å²) in [5.41, 5.74) is 1.14. The fourth-order valence-corrected chi connectivity index (χ4v) is 1.92.